The lowest BCUT2D eigenvalue weighted by atomic mass is 9.73. The van der Waals surface area contributed by atoms with Gasteiger partial charge in [-0.1, -0.05) is 24.3 Å². The molecule has 24 heavy (non-hydrogen) atoms. The van der Waals surface area contributed by atoms with Crippen LogP contribution in [0.4, 0.5) is 4.79 Å². The molecule has 1 spiro atoms. The number of nitrogens with zero attached hydrogens (tertiary/aromatic N) is 1. The Balaban J connectivity index is 1.87. The van der Waals surface area contributed by atoms with E-state index in [1.807, 2.05) is 32.9 Å². The summed E-state index contributed by atoms with van der Waals surface area (Å²) in [5.74, 6) is 0. The molecule has 0 saturated carbocycles. The number of benzene rings is 1. The maximum absolute atomic E-state index is 12.7. The van der Waals surface area contributed by atoms with Gasteiger partial charge in [0.1, 0.15) is 4.75 Å². The van der Waals surface area contributed by atoms with Gasteiger partial charge < -0.3 is 14.6 Å². The van der Waals surface area contributed by atoms with Crippen molar-refractivity contribution in [2.24, 2.45) is 5.41 Å². The molecule has 1 aliphatic carbocycles. The quantitative estimate of drug-likeness (QED) is 0.804. The maximum Gasteiger partial charge on any atom is 0.407 e. The maximum atomic E-state index is 12.7. The summed E-state index contributed by atoms with van der Waals surface area (Å²) in [7, 11) is 0. The zero-order valence-electron chi connectivity index (χ0n) is 14.5. The average molecular weight is 350 g/mol. The van der Waals surface area contributed by atoms with Crippen molar-refractivity contribution < 1.29 is 14.5 Å². The van der Waals surface area contributed by atoms with Crippen molar-refractivity contribution in [3.05, 3.63) is 35.4 Å². The molecule has 1 saturated heterocycles. The molecule has 2 N–H and O–H groups in total. The second-order valence-electron chi connectivity index (χ2n) is 7.94. The first-order valence-electron chi connectivity index (χ1n) is 8.47. The van der Waals surface area contributed by atoms with Gasteiger partial charge in [0, 0.05) is 29.9 Å². The third-order valence-electron chi connectivity index (χ3n) is 5.33. The van der Waals surface area contributed by atoms with Gasteiger partial charge in [-0.25, -0.2) is 4.79 Å². The van der Waals surface area contributed by atoms with Crippen LogP contribution in [-0.2, 0) is 17.8 Å². The average Bonchev–Trinajstić information content (AvgIpc) is 2.80. The zero-order chi connectivity index (χ0) is 17.5. The number of rotatable bonds is 2. The fourth-order valence-corrected chi connectivity index (χ4v) is 4.81. The number of carboxylic acid groups (broad SMARTS) is 1. The predicted octanol–water partition coefficient (Wildman–Crippen LogP) is 3.10. The minimum atomic E-state index is -1.16. The number of hydrogen-bond donors (Lipinski definition) is 2. The van der Waals surface area contributed by atoms with Gasteiger partial charge in [-0.05, 0) is 51.2 Å². The minimum absolute atomic E-state index is 0.0182. The smallest absolute Gasteiger partial charge is 0.407 e. The lowest BCUT2D eigenvalue weighted by Gasteiger charge is -2.43. The molecule has 0 radical (unpaired) electrons. The van der Waals surface area contributed by atoms with Crippen LogP contribution in [0.5, 0.6) is 0 Å². The summed E-state index contributed by atoms with van der Waals surface area (Å²) in [6.07, 6.45) is 1.68. The highest BCUT2D eigenvalue weighted by atomic mass is 32.2. The van der Waals surface area contributed by atoms with Gasteiger partial charge >= 0.3 is 6.09 Å². The highest BCUT2D eigenvalue weighted by Gasteiger charge is 2.50. The van der Waals surface area contributed by atoms with Crippen molar-refractivity contribution in [1.82, 2.24) is 9.62 Å². The molecule has 1 heterocycles. The Labute approximate surface area is 146 Å². The van der Waals surface area contributed by atoms with Crippen molar-refractivity contribution in [2.45, 2.75) is 50.8 Å². The van der Waals surface area contributed by atoms with E-state index in [2.05, 4.69) is 16.9 Å². The van der Waals surface area contributed by atoms with E-state index < -0.39 is 17.5 Å². The first-order valence-corrected chi connectivity index (χ1v) is 9.62. The van der Waals surface area contributed by atoms with Crippen molar-refractivity contribution in [2.75, 3.05) is 13.1 Å². The minimum Gasteiger partial charge on any atom is -0.598 e. The Hall–Kier alpha value is -1.24. The van der Waals surface area contributed by atoms with Crippen LogP contribution >= 0.6 is 0 Å². The number of nitrogens with one attached hydrogen (secondary N) is 1. The molecule has 132 valence electrons. The van der Waals surface area contributed by atoms with E-state index in [4.69, 9.17) is 0 Å². The molecule has 0 aromatic heterocycles. The van der Waals surface area contributed by atoms with Crippen LogP contribution in [0.3, 0.4) is 0 Å². The van der Waals surface area contributed by atoms with E-state index >= 15 is 0 Å². The van der Waals surface area contributed by atoms with Crippen LogP contribution in [0.2, 0.25) is 0 Å². The van der Waals surface area contributed by atoms with Gasteiger partial charge in [0.05, 0.1) is 6.04 Å². The molecule has 5 nitrogen and oxygen atoms in total. The largest absolute Gasteiger partial charge is 0.598 e. The Morgan fingerprint density at radius 2 is 1.96 bits per heavy atom. The number of fused-ring (bicyclic) bond motifs is 1. The van der Waals surface area contributed by atoms with Crippen LogP contribution < -0.4 is 4.72 Å². The Bertz CT molecular complexity index is 621. The molecule has 0 bridgehead atoms. The molecule has 2 aliphatic rings. The number of likely N-dealkylation sites (tertiary alicyclic amines) is 1. The first kappa shape index (κ1) is 17.6. The molecule has 2 atom stereocenters. The summed E-state index contributed by atoms with van der Waals surface area (Å²) in [6.45, 7) is 7.00. The summed E-state index contributed by atoms with van der Waals surface area (Å²) in [5.41, 5.74) is 2.47. The first-order chi connectivity index (χ1) is 11.2. The second kappa shape index (κ2) is 6.24. The van der Waals surface area contributed by atoms with Crippen molar-refractivity contribution in [3.8, 4) is 0 Å². The molecule has 1 aromatic carbocycles. The van der Waals surface area contributed by atoms with E-state index in [9.17, 15) is 14.5 Å². The van der Waals surface area contributed by atoms with Gasteiger partial charge in [0.25, 0.3) is 0 Å². The molecule has 1 aromatic rings. The second-order valence-corrected chi connectivity index (χ2v) is 9.94. The van der Waals surface area contributed by atoms with Gasteiger partial charge in [-0.3, -0.25) is 0 Å². The van der Waals surface area contributed by atoms with Crippen molar-refractivity contribution in [1.29, 1.82) is 0 Å². The Kier molecular flexibility index (Phi) is 4.57. The summed E-state index contributed by atoms with van der Waals surface area (Å²) in [4.78, 5) is 12.7. The van der Waals surface area contributed by atoms with E-state index in [0.717, 1.165) is 19.3 Å². The monoisotopic (exact) mass is 350 g/mol. The van der Waals surface area contributed by atoms with Gasteiger partial charge in [-0.2, -0.15) is 0 Å². The summed E-state index contributed by atoms with van der Waals surface area (Å²) in [5, 5.41) is 9.22. The number of piperidine rings is 1. The number of amides is 1. The van der Waals surface area contributed by atoms with Gasteiger partial charge in [-0.15, -0.1) is 4.72 Å². The van der Waals surface area contributed by atoms with Crippen molar-refractivity contribution >= 4 is 17.5 Å². The lowest BCUT2D eigenvalue weighted by Crippen LogP contribution is -2.50. The van der Waals surface area contributed by atoms with E-state index in [1.165, 1.54) is 16.0 Å². The van der Waals surface area contributed by atoms with Crippen molar-refractivity contribution in [3.63, 3.8) is 0 Å². The standard InChI is InChI=1S/C18H26N2O3S/c1-17(2,3)24(23)19-15-14-7-5-4-6-13(14)12-18(15)8-10-20(11-9-18)16(21)22/h4-7,15,19H,8-12H2,1-3H3,(H,21,22). The van der Waals surface area contributed by atoms with Crippen LogP contribution in [-0.4, -0.2) is 38.5 Å². The topological polar surface area (TPSA) is 75.6 Å². The summed E-state index contributed by atoms with van der Waals surface area (Å²) < 4.78 is 15.8. The zero-order valence-corrected chi connectivity index (χ0v) is 15.4. The molecule has 1 amide bonds. The van der Waals surface area contributed by atoms with Gasteiger partial charge in [0.15, 0.2) is 0 Å². The van der Waals surface area contributed by atoms with Crippen LogP contribution in [0.25, 0.3) is 0 Å². The van der Waals surface area contributed by atoms with Crippen LogP contribution in [0.1, 0.15) is 50.8 Å². The molecule has 1 aliphatic heterocycles. The van der Waals surface area contributed by atoms with Crippen LogP contribution in [0.15, 0.2) is 24.3 Å². The Morgan fingerprint density at radius 3 is 2.54 bits per heavy atom. The Morgan fingerprint density at radius 1 is 1.33 bits per heavy atom. The molecular weight excluding hydrogens is 324 g/mol. The highest BCUT2D eigenvalue weighted by Crippen LogP contribution is 2.52. The van der Waals surface area contributed by atoms with Gasteiger partial charge in [0.2, 0.25) is 0 Å². The highest BCUT2D eigenvalue weighted by molar-refractivity contribution is 7.90. The summed E-state index contributed by atoms with van der Waals surface area (Å²) >= 11 is -1.16. The lowest BCUT2D eigenvalue weighted by molar-refractivity contribution is 0.0764. The number of carbonyl (C=O) groups is 1. The van der Waals surface area contributed by atoms with E-state index in [1.54, 1.807) is 0 Å². The SMILES string of the molecule is CC(C)(C)[S+]([O-])NC1c2ccccc2CC12CCN(C(=O)O)CC2. The fourth-order valence-electron chi connectivity index (χ4n) is 3.87. The normalized spacial score (nSPS) is 24.0. The molecular formula is C18H26N2O3S. The van der Waals surface area contributed by atoms with E-state index in [-0.39, 0.29) is 16.2 Å². The predicted molar refractivity (Wildman–Crippen MR) is 95.2 cm³/mol. The third-order valence-corrected chi connectivity index (χ3v) is 6.89. The summed E-state index contributed by atoms with van der Waals surface area (Å²) in [6, 6.07) is 8.35. The molecule has 3 rings (SSSR count). The molecule has 6 heteroatoms. The molecule has 1 fully saturated rings. The van der Waals surface area contributed by atoms with E-state index in [0.29, 0.717) is 13.1 Å². The number of hydrogen-bond acceptors (Lipinski definition) is 3. The van der Waals surface area contributed by atoms with Crippen LogP contribution in [0, 0.1) is 5.41 Å². The third kappa shape index (κ3) is 3.15. The molecule has 2 unspecified atom stereocenters. The fraction of sp³-hybridized carbons (Fsp3) is 0.611.